The molecule has 4 unspecified atom stereocenters. The average Bonchev–Trinajstić information content (AvgIpc) is 3.10. The maximum atomic E-state index is 13.5. The number of nitrogens with one attached hydrogen (secondary N) is 1. The van der Waals surface area contributed by atoms with Crippen LogP contribution in [0, 0.1) is 11.7 Å². The van der Waals surface area contributed by atoms with Crippen molar-refractivity contribution in [1.29, 1.82) is 0 Å². The summed E-state index contributed by atoms with van der Waals surface area (Å²) in [5.41, 5.74) is 0.145. The summed E-state index contributed by atoms with van der Waals surface area (Å²) < 4.78 is 19.1. The van der Waals surface area contributed by atoms with Gasteiger partial charge < -0.3 is 15.2 Å². The van der Waals surface area contributed by atoms with E-state index >= 15 is 0 Å². The molecule has 0 aliphatic carbocycles. The fourth-order valence-electron chi connectivity index (χ4n) is 3.14. The lowest BCUT2D eigenvalue weighted by atomic mass is 9.88. The van der Waals surface area contributed by atoms with E-state index in [-0.39, 0.29) is 34.6 Å². The molecule has 2 heterocycles. The van der Waals surface area contributed by atoms with Gasteiger partial charge in [-0.2, -0.15) is 0 Å². The highest BCUT2D eigenvalue weighted by Gasteiger charge is 2.45. The highest BCUT2D eigenvalue weighted by molar-refractivity contribution is 6.30. The lowest BCUT2D eigenvalue weighted by molar-refractivity contribution is -0.143. The number of ether oxygens (including phenoxy) is 1. The number of hydrogen-bond donors (Lipinski definition) is 2. The highest BCUT2D eigenvalue weighted by Crippen LogP contribution is 2.39. The molecule has 22 heavy (non-hydrogen) atoms. The molecule has 2 saturated heterocycles. The molecule has 2 aliphatic rings. The van der Waals surface area contributed by atoms with E-state index in [9.17, 15) is 19.1 Å². The topological polar surface area (TPSA) is 75.6 Å². The van der Waals surface area contributed by atoms with E-state index in [1.54, 1.807) is 0 Å². The molecule has 2 aliphatic heterocycles. The van der Waals surface area contributed by atoms with Gasteiger partial charge in [0, 0.05) is 0 Å². The first kappa shape index (κ1) is 15.2. The summed E-state index contributed by atoms with van der Waals surface area (Å²) in [6.45, 7) is 0. The van der Waals surface area contributed by atoms with Gasteiger partial charge in [-0.05, 0) is 37.0 Å². The number of carboxylic acid groups (broad SMARTS) is 1. The van der Waals surface area contributed by atoms with Crippen molar-refractivity contribution in [2.45, 2.75) is 37.5 Å². The highest BCUT2D eigenvalue weighted by atomic mass is 35.5. The number of rotatable bonds is 4. The minimum absolute atomic E-state index is 0.0944. The average molecular weight is 328 g/mol. The Morgan fingerprint density at radius 2 is 2.18 bits per heavy atom. The fraction of sp³-hybridized carbons (Fsp3) is 0.467. The molecule has 0 saturated carbocycles. The van der Waals surface area contributed by atoms with Crippen molar-refractivity contribution in [3.8, 4) is 0 Å². The third-order valence-corrected chi connectivity index (χ3v) is 4.56. The third kappa shape index (κ3) is 2.80. The van der Waals surface area contributed by atoms with Gasteiger partial charge in [0.05, 0.1) is 23.1 Å². The van der Waals surface area contributed by atoms with E-state index in [1.807, 2.05) is 0 Å². The quantitative estimate of drug-likeness (QED) is 0.889. The molecular formula is C15H15ClFNO4. The summed E-state index contributed by atoms with van der Waals surface area (Å²) in [5, 5.41) is 11.7. The van der Waals surface area contributed by atoms with Crippen LogP contribution in [0.5, 0.6) is 0 Å². The van der Waals surface area contributed by atoms with Crippen LogP contribution in [0.25, 0.3) is 0 Å². The summed E-state index contributed by atoms with van der Waals surface area (Å²) in [7, 11) is 0. The molecule has 0 spiro atoms. The molecule has 118 valence electrons. The molecule has 1 amide bonds. The Bertz CT molecular complexity index is 624. The van der Waals surface area contributed by atoms with Gasteiger partial charge >= 0.3 is 5.97 Å². The van der Waals surface area contributed by atoms with Crippen LogP contribution in [-0.4, -0.2) is 29.2 Å². The first-order chi connectivity index (χ1) is 10.5. The summed E-state index contributed by atoms with van der Waals surface area (Å²) >= 11 is 5.59. The lowest BCUT2D eigenvalue weighted by Gasteiger charge is -2.21. The van der Waals surface area contributed by atoms with Crippen LogP contribution >= 0.6 is 11.6 Å². The van der Waals surface area contributed by atoms with Gasteiger partial charge in [-0.25, -0.2) is 9.18 Å². The zero-order valence-electron chi connectivity index (χ0n) is 11.6. The number of carbonyl (C=O) groups excluding carboxylic acids is 1. The van der Waals surface area contributed by atoms with Crippen LogP contribution in [0.15, 0.2) is 18.2 Å². The van der Waals surface area contributed by atoms with Crippen LogP contribution in [0.4, 0.5) is 4.39 Å². The van der Waals surface area contributed by atoms with Crippen LogP contribution in [-0.2, 0) is 14.3 Å². The molecule has 7 heteroatoms. The molecular weight excluding hydrogens is 313 g/mol. The van der Waals surface area contributed by atoms with E-state index in [1.165, 1.54) is 12.1 Å². The zero-order chi connectivity index (χ0) is 15.9. The van der Waals surface area contributed by atoms with Crippen molar-refractivity contribution in [2.75, 3.05) is 0 Å². The minimum atomic E-state index is -1.31. The van der Waals surface area contributed by atoms with Crippen molar-refractivity contribution in [3.63, 3.8) is 0 Å². The molecule has 3 rings (SSSR count). The Morgan fingerprint density at radius 1 is 1.41 bits per heavy atom. The van der Waals surface area contributed by atoms with E-state index < -0.39 is 17.8 Å². The van der Waals surface area contributed by atoms with Crippen LogP contribution in [0.3, 0.4) is 0 Å². The van der Waals surface area contributed by atoms with Gasteiger partial charge in [0.25, 0.3) is 0 Å². The molecule has 1 aromatic rings. The van der Waals surface area contributed by atoms with Gasteiger partial charge in [0.1, 0.15) is 5.82 Å². The van der Waals surface area contributed by atoms with Gasteiger partial charge in [0.15, 0.2) is 6.04 Å². The summed E-state index contributed by atoms with van der Waals surface area (Å²) in [4.78, 5) is 23.7. The second-order valence-electron chi connectivity index (χ2n) is 5.67. The van der Waals surface area contributed by atoms with Gasteiger partial charge in [-0.1, -0.05) is 17.7 Å². The Hall–Kier alpha value is -1.66. The largest absolute Gasteiger partial charge is 0.479 e. The number of fused-ring (bicyclic) bond motifs is 2. The lowest BCUT2D eigenvalue weighted by Crippen LogP contribution is -2.40. The Labute approximate surface area is 131 Å². The molecule has 0 radical (unpaired) electrons. The molecule has 0 aromatic heterocycles. The molecule has 2 fully saturated rings. The molecule has 5 nitrogen and oxygen atoms in total. The minimum Gasteiger partial charge on any atom is -0.479 e. The summed E-state index contributed by atoms with van der Waals surface area (Å²) in [5.74, 6) is -2.67. The molecule has 4 atom stereocenters. The first-order valence-corrected chi connectivity index (χ1v) is 7.47. The number of carboxylic acids is 1. The van der Waals surface area contributed by atoms with E-state index in [2.05, 4.69) is 5.32 Å². The molecule has 1 aromatic carbocycles. The van der Waals surface area contributed by atoms with Crippen molar-refractivity contribution in [1.82, 2.24) is 5.32 Å². The van der Waals surface area contributed by atoms with Crippen LogP contribution in [0.1, 0.15) is 30.9 Å². The molecule has 2 bridgehead atoms. The fourth-order valence-corrected chi connectivity index (χ4v) is 3.26. The second-order valence-corrected chi connectivity index (χ2v) is 6.08. The van der Waals surface area contributed by atoms with Gasteiger partial charge in [0.2, 0.25) is 5.91 Å². The number of halogens is 2. The Kier molecular flexibility index (Phi) is 4.06. The number of carbonyl (C=O) groups is 2. The maximum absolute atomic E-state index is 13.5. The van der Waals surface area contributed by atoms with Crippen molar-refractivity contribution in [3.05, 3.63) is 34.6 Å². The Balaban J connectivity index is 1.75. The predicted molar refractivity (Wildman–Crippen MR) is 75.9 cm³/mol. The third-order valence-electron chi connectivity index (χ3n) is 4.25. The van der Waals surface area contributed by atoms with E-state index in [0.29, 0.717) is 6.42 Å². The summed E-state index contributed by atoms with van der Waals surface area (Å²) in [6.07, 6.45) is 2.32. The smallest absolute Gasteiger partial charge is 0.330 e. The SMILES string of the molecule is O=C(O)C(NC(=O)C1CC2CCC1O2)c1ccc(Cl)c(F)c1. The maximum Gasteiger partial charge on any atom is 0.330 e. The number of benzene rings is 1. The predicted octanol–water partition coefficient (Wildman–Crippen LogP) is 2.29. The second kappa shape index (κ2) is 5.85. The van der Waals surface area contributed by atoms with Crippen molar-refractivity contribution in [2.24, 2.45) is 5.92 Å². The normalized spacial score (nSPS) is 27.6. The summed E-state index contributed by atoms with van der Waals surface area (Å²) in [6, 6.07) is 2.38. The van der Waals surface area contributed by atoms with Crippen LogP contribution < -0.4 is 5.32 Å². The van der Waals surface area contributed by atoms with E-state index in [0.717, 1.165) is 18.9 Å². The monoisotopic (exact) mass is 327 g/mol. The van der Waals surface area contributed by atoms with Crippen LogP contribution in [0.2, 0.25) is 5.02 Å². The first-order valence-electron chi connectivity index (χ1n) is 7.09. The number of amides is 1. The van der Waals surface area contributed by atoms with Gasteiger partial charge in [-0.3, -0.25) is 4.79 Å². The van der Waals surface area contributed by atoms with Crippen molar-refractivity contribution >= 4 is 23.5 Å². The molecule has 2 N–H and O–H groups in total. The number of aliphatic carboxylic acids is 1. The van der Waals surface area contributed by atoms with E-state index in [4.69, 9.17) is 16.3 Å². The van der Waals surface area contributed by atoms with Crippen molar-refractivity contribution < 1.29 is 23.8 Å². The standard InChI is InChI=1S/C15H15ClFNO4/c16-10-3-1-7(5-11(10)17)13(15(20)21)18-14(19)9-6-8-2-4-12(9)22-8/h1,3,5,8-9,12-13H,2,4,6H2,(H,18,19)(H,20,21). The Morgan fingerprint density at radius 3 is 2.73 bits per heavy atom. The van der Waals surface area contributed by atoms with Gasteiger partial charge in [-0.15, -0.1) is 0 Å². The number of hydrogen-bond acceptors (Lipinski definition) is 3. The zero-order valence-corrected chi connectivity index (χ0v) is 12.3.